The molecular formula is C25H20N2O. The Labute approximate surface area is 165 Å². The monoisotopic (exact) mass is 364 g/mol. The lowest BCUT2D eigenvalue weighted by atomic mass is 9.68. The molecule has 3 aromatic carbocycles. The third-order valence-corrected chi connectivity index (χ3v) is 5.42. The first-order valence-electron chi connectivity index (χ1n) is 9.25. The largest absolute Gasteiger partial charge is 0.344 e. The molecule has 1 aliphatic rings. The van der Waals surface area contributed by atoms with E-state index in [0.717, 1.165) is 22.4 Å². The number of nitrogens with zero attached hydrogens (tertiary/aromatic N) is 1. The number of hydrogen-bond donors (Lipinski definition) is 1. The van der Waals surface area contributed by atoms with Crippen LogP contribution in [-0.4, -0.2) is 5.91 Å². The molecule has 0 saturated carbocycles. The topological polar surface area (TPSA) is 33.5 Å². The smallest absolute Gasteiger partial charge is 0.318 e. The fraction of sp³-hybridized carbons (Fsp3) is 0.120. The van der Waals surface area contributed by atoms with E-state index in [1.165, 1.54) is 0 Å². The van der Waals surface area contributed by atoms with E-state index in [9.17, 15) is 4.79 Å². The number of rotatable bonds is 3. The Hall–Kier alpha value is -3.64. The quantitative estimate of drug-likeness (QED) is 0.641. The van der Waals surface area contributed by atoms with E-state index in [1.807, 2.05) is 97.9 Å². The highest BCUT2D eigenvalue weighted by Gasteiger charge is 2.58. The fourth-order valence-corrected chi connectivity index (χ4v) is 4.11. The number of benzene rings is 3. The van der Waals surface area contributed by atoms with Crippen molar-refractivity contribution in [3.05, 3.63) is 125 Å². The Morgan fingerprint density at radius 1 is 0.857 bits per heavy atom. The van der Waals surface area contributed by atoms with E-state index in [4.69, 9.17) is 6.57 Å². The summed E-state index contributed by atoms with van der Waals surface area (Å²) in [6, 6.07) is 29.1. The summed E-state index contributed by atoms with van der Waals surface area (Å²) in [7, 11) is 0. The van der Waals surface area contributed by atoms with Gasteiger partial charge in [-0.25, -0.2) is 6.57 Å². The number of nitrogens with one attached hydrogen (secondary N) is 1. The van der Waals surface area contributed by atoms with E-state index in [0.29, 0.717) is 5.56 Å². The first-order valence-corrected chi connectivity index (χ1v) is 9.25. The van der Waals surface area contributed by atoms with Crippen molar-refractivity contribution < 1.29 is 4.79 Å². The second-order valence-electron chi connectivity index (χ2n) is 6.97. The fourth-order valence-electron chi connectivity index (χ4n) is 4.11. The minimum atomic E-state index is -1.34. The maximum absolute atomic E-state index is 13.5. The van der Waals surface area contributed by atoms with E-state index >= 15 is 0 Å². The van der Waals surface area contributed by atoms with Crippen molar-refractivity contribution in [1.29, 1.82) is 0 Å². The highest BCUT2D eigenvalue weighted by Crippen LogP contribution is 2.49. The zero-order valence-corrected chi connectivity index (χ0v) is 15.6. The minimum absolute atomic E-state index is 0.285. The third-order valence-electron chi connectivity index (χ3n) is 5.42. The normalized spacial score (nSPS) is 21.7. The number of carbonyl (C=O) groups excluding carboxylic acids is 1. The van der Waals surface area contributed by atoms with Crippen LogP contribution in [0, 0.1) is 6.57 Å². The molecule has 0 bridgehead atoms. The van der Waals surface area contributed by atoms with Crippen LogP contribution in [0.15, 0.2) is 96.6 Å². The molecule has 1 N–H and O–H groups in total. The van der Waals surface area contributed by atoms with Crippen molar-refractivity contribution in [1.82, 2.24) is 5.32 Å². The van der Waals surface area contributed by atoms with Crippen LogP contribution in [-0.2, 0) is 10.3 Å². The molecule has 0 fully saturated rings. The predicted molar refractivity (Wildman–Crippen MR) is 111 cm³/mol. The zero-order valence-electron chi connectivity index (χ0n) is 15.6. The minimum Gasteiger partial charge on any atom is -0.318 e. The predicted octanol–water partition coefficient (Wildman–Crippen LogP) is 5.15. The van der Waals surface area contributed by atoms with Gasteiger partial charge in [0, 0.05) is 11.3 Å². The zero-order chi connectivity index (χ0) is 19.6. The van der Waals surface area contributed by atoms with Crippen molar-refractivity contribution in [2.75, 3.05) is 0 Å². The van der Waals surface area contributed by atoms with E-state index in [2.05, 4.69) is 10.2 Å². The molecule has 3 nitrogen and oxygen atoms in total. The molecule has 0 aromatic heterocycles. The average Bonchev–Trinajstić information content (AvgIpc) is 2.76. The molecule has 0 aliphatic carbocycles. The van der Waals surface area contributed by atoms with Crippen LogP contribution >= 0.6 is 0 Å². The van der Waals surface area contributed by atoms with Gasteiger partial charge in [-0.15, -0.1) is 0 Å². The number of amides is 1. The molecule has 3 heteroatoms. The third kappa shape index (κ3) is 2.71. The Morgan fingerprint density at radius 2 is 1.39 bits per heavy atom. The Kier molecular flexibility index (Phi) is 4.55. The van der Waals surface area contributed by atoms with Crippen LogP contribution in [0.25, 0.3) is 10.5 Å². The van der Waals surface area contributed by atoms with Crippen molar-refractivity contribution in [3.63, 3.8) is 0 Å². The molecular weight excluding hydrogens is 344 g/mol. The number of carbonyl (C=O) groups is 1. The average molecular weight is 364 g/mol. The van der Waals surface area contributed by atoms with E-state index in [1.54, 1.807) is 0 Å². The SMILES string of the molecule is [C-]#[N+][C@@]1(c2ccccc2)C(=O)NC(c2ccccc2)=C(C)[C@H]1c1ccccc1. The number of hydrogen-bond acceptors (Lipinski definition) is 1. The van der Waals surface area contributed by atoms with Crippen molar-refractivity contribution in [3.8, 4) is 0 Å². The Morgan fingerprint density at radius 3 is 1.96 bits per heavy atom. The molecule has 1 amide bonds. The van der Waals surface area contributed by atoms with Gasteiger partial charge in [0.25, 0.3) is 0 Å². The molecule has 1 heterocycles. The van der Waals surface area contributed by atoms with Gasteiger partial charge in [-0.1, -0.05) is 91.0 Å². The van der Waals surface area contributed by atoms with Crippen LogP contribution in [0.2, 0.25) is 0 Å². The summed E-state index contributed by atoms with van der Waals surface area (Å²) in [5, 5.41) is 3.05. The lowest BCUT2D eigenvalue weighted by molar-refractivity contribution is -0.125. The molecule has 4 rings (SSSR count). The standard InChI is InChI=1S/C25H20N2O/c1-18-22(19-12-6-3-7-13-19)25(26-2,21-16-10-5-11-17-21)24(28)27-23(18)20-14-8-4-9-15-20/h3-17,22H,1H3,(H,27,28)/t22-,25+/m0/s1. The molecule has 0 unspecified atom stereocenters. The van der Waals surface area contributed by atoms with Crippen LogP contribution < -0.4 is 5.32 Å². The van der Waals surface area contributed by atoms with Gasteiger partial charge in [-0.2, -0.15) is 0 Å². The summed E-state index contributed by atoms with van der Waals surface area (Å²) in [6.07, 6.45) is 0. The Balaban J connectivity index is 2.01. The van der Waals surface area contributed by atoms with Crippen LogP contribution in [0.1, 0.15) is 29.5 Å². The van der Waals surface area contributed by atoms with Gasteiger partial charge in [0.1, 0.15) is 0 Å². The van der Waals surface area contributed by atoms with Gasteiger partial charge in [-0.05, 0) is 23.6 Å². The Bertz CT molecular complexity index is 1070. The van der Waals surface area contributed by atoms with Gasteiger partial charge in [0.15, 0.2) is 0 Å². The summed E-state index contributed by atoms with van der Waals surface area (Å²) < 4.78 is 0. The maximum atomic E-state index is 13.5. The molecule has 1 aliphatic heterocycles. The summed E-state index contributed by atoms with van der Waals surface area (Å²) in [6.45, 7) is 10.1. The van der Waals surface area contributed by atoms with Gasteiger partial charge in [0.05, 0.1) is 5.92 Å². The molecule has 0 radical (unpaired) electrons. The molecule has 0 saturated heterocycles. The second kappa shape index (κ2) is 7.17. The van der Waals surface area contributed by atoms with Crippen molar-refractivity contribution in [2.45, 2.75) is 18.4 Å². The lowest BCUT2D eigenvalue weighted by Crippen LogP contribution is -2.50. The van der Waals surface area contributed by atoms with E-state index in [-0.39, 0.29) is 11.8 Å². The first kappa shape index (κ1) is 17.8. The maximum Gasteiger partial charge on any atom is 0.344 e. The molecule has 2 atom stereocenters. The van der Waals surface area contributed by atoms with Gasteiger partial charge in [0.2, 0.25) is 0 Å². The van der Waals surface area contributed by atoms with Gasteiger partial charge >= 0.3 is 11.4 Å². The van der Waals surface area contributed by atoms with Crippen LogP contribution in [0.5, 0.6) is 0 Å². The van der Waals surface area contributed by atoms with Gasteiger partial charge < -0.3 is 5.32 Å². The highest BCUT2D eigenvalue weighted by atomic mass is 16.2. The summed E-state index contributed by atoms with van der Waals surface area (Å²) in [5.41, 5.74) is 3.05. The van der Waals surface area contributed by atoms with Crippen molar-refractivity contribution >= 4 is 11.6 Å². The van der Waals surface area contributed by atoms with Crippen LogP contribution in [0.4, 0.5) is 0 Å². The molecule has 136 valence electrons. The molecule has 0 spiro atoms. The van der Waals surface area contributed by atoms with Crippen LogP contribution in [0.3, 0.4) is 0 Å². The molecule has 3 aromatic rings. The van der Waals surface area contributed by atoms with Crippen molar-refractivity contribution in [2.24, 2.45) is 0 Å². The summed E-state index contributed by atoms with van der Waals surface area (Å²) in [5.74, 6) is -0.662. The lowest BCUT2D eigenvalue weighted by Gasteiger charge is -2.36. The second-order valence-corrected chi connectivity index (χ2v) is 6.97. The van der Waals surface area contributed by atoms with E-state index < -0.39 is 5.54 Å². The molecule has 28 heavy (non-hydrogen) atoms. The first-order chi connectivity index (χ1) is 13.7. The summed E-state index contributed by atoms with van der Waals surface area (Å²) in [4.78, 5) is 17.5. The highest BCUT2D eigenvalue weighted by molar-refractivity contribution is 6.01. The van der Waals surface area contributed by atoms with Gasteiger partial charge in [-0.3, -0.25) is 9.64 Å². The summed E-state index contributed by atoms with van der Waals surface area (Å²) >= 11 is 0.